The molecule has 1 aromatic rings. The standard InChI is InChI=1S/C14H19ClN2O2/c15-12-8-3-9-13(14(12)17(18)19)16-10-4-7-11-5-1-2-6-11/h3,8-9,11,16H,1-2,4-7,10H2. The first-order valence-corrected chi connectivity index (χ1v) is 7.23. The van der Waals surface area contributed by atoms with Crippen molar-refractivity contribution in [3.63, 3.8) is 0 Å². The van der Waals surface area contributed by atoms with E-state index >= 15 is 0 Å². The Morgan fingerprint density at radius 2 is 2.11 bits per heavy atom. The normalized spacial score (nSPS) is 15.6. The van der Waals surface area contributed by atoms with E-state index in [0.717, 1.165) is 18.9 Å². The van der Waals surface area contributed by atoms with Crippen LogP contribution in [0.25, 0.3) is 0 Å². The Hall–Kier alpha value is -1.29. The Bertz CT molecular complexity index is 445. The van der Waals surface area contributed by atoms with E-state index in [4.69, 9.17) is 11.6 Å². The molecule has 1 fully saturated rings. The van der Waals surface area contributed by atoms with Crippen molar-refractivity contribution in [3.8, 4) is 0 Å². The van der Waals surface area contributed by atoms with Gasteiger partial charge in [0, 0.05) is 6.54 Å². The summed E-state index contributed by atoms with van der Waals surface area (Å²) in [4.78, 5) is 10.5. The van der Waals surface area contributed by atoms with Gasteiger partial charge in [0.05, 0.1) is 4.92 Å². The third-order valence-electron chi connectivity index (χ3n) is 3.75. The lowest BCUT2D eigenvalue weighted by Crippen LogP contribution is -2.06. The summed E-state index contributed by atoms with van der Waals surface area (Å²) >= 11 is 5.86. The Morgan fingerprint density at radius 3 is 2.79 bits per heavy atom. The molecular weight excluding hydrogens is 264 g/mol. The molecule has 1 N–H and O–H groups in total. The van der Waals surface area contributed by atoms with Gasteiger partial charge >= 0.3 is 5.69 Å². The monoisotopic (exact) mass is 282 g/mol. The van der Waals surface area contributed by atoms with E-state index < -0.39 is 4.92 Å². The van der Waals surface area contributed by atoms with Gasteiger partial charge in [0.2, 0.25) is 0 Å². The fraction of sp³-hybridized carbons (Fsp3) is 0.571. The zero-order chi connectivity index (χ0) is 13.7. The average molecular weight is 283 g/mol. The molecule has 0 heterocycles. The molecule has 0 radical (unpaired) electrons. The highest BCUT2D eigenvalue weighted by Crippen LogP contribution is 2.32. The fourth-order valence-electron chi connectivity index (χ4n) is 2.76. The van der Waals surface area contributed by atoms with E-state index in [9.17, 15) is 10.1 Å². The summed E-state index contributed by atoms with van der Waals surface area (Å²) in [6.07, 6.45) is 7.67. The molecule has 0 saturated heterocycles. The van der Waals surface area contributed by atoms with E-state index in [1.807, 2.05) is 0 Å². The number of benzene rings is 1. The maximum absolute atomic E-state index is 11.0. The third kappa shape index (κ3) is 3.83. The molecule has 0 amide bonds. The molecule has 5 heteroatoms. The van der Waals surface area contributed by atoms with Crippen LogP contribution < -0.4 is 5.32 Å². The van der Waals surface area contributed by atoms with E-state index in [2.05, 4.69) is 5.32 Å². The maximum Gasteiger partial charge on any atom is 0.310 e. The second-order valence-electron chi connectivity index (χ2n) is 5.11. The van der Waals surface area contributed by atoms with E-state index in [1.54, 1.807) is 18.2 Å². The quantitative estimate of drug-likeness (QED) is 0.470. The predicted octanol–water partition coefficient (Wildman–Crippen LogP) is 4.63. The summed E-state index contributed by atoms with van der Waals surface area (Å²) < 4.78 is 0. The van der Waals surface area contributed by atoms with Crippen LogP contribution in [0.2, 0.25) is 5.02 Å². The van der Waals surface area contributed by atoms with Gasteiger partial charge in [0.25, 0.3) is 0 Å². The van der Waals surface area contributed by atoms with Gasteiger partial charge in [-0.25, -0.2) is 0 Å². The van der Waals surface area contributed by atoms with E-state index in [1.165, 1.54) is 32.1 Å². The average Bonchev–Trinajstić information content (AvgIpc) is 2.87. The number of nitrogens with one attached hydrogen (secondary N) is 1. The predicted molar refractivity (Wildman–Crippen MR) is 77.8 cm³/mol. The SMILES string of the molecule is O=[N+]([O-])c1c(Cl)cccc1NCCCC1CCCC1. The van der Waals surface area contributed by atoms with Crippen molar-refractivity contribution in [1.29, 1.82) is 0 Å². The number of hydrogen-bond acceptors (Lipinski definition) is 3. The first-order valence-electron chi connectivity index (χ1n) is 6.85. The van der Waals surface area contributed by atoms with E-state index in [0.29, 0.717) is 5.69 Å². The van der Waals surface area contributed by atoms with Gasteiger partial charge in [-0.2, -0.15) is 0 Å². The minimum Gasteiger partial charge on any atom is -0.379 e. The molecule has 4 nitrogen and oxygen atoms in total. The van der Waals surface area contributed by atoms with Gasteiger partial charge in [-0.15, -0.1) is 0 Å². The van der Waals surface area contributed by atoms with Crippen molar-refractivity contribution in [2.45, 2.75) is 38.5 Å². The van der Waals surface area contributed by atoms with Crippen LogP contribution in [0.4, 0.5) is 11.4 Å². The first kappa shape index (κ1) is 14.1. The lowest BCUT2D eigenvalue weighted by atomic mass is 10.0. The number of rotatable bonds is 6. The molecule has 19 heavy (non-hydrogen) atoms. The summed E-state index contributed by atoms with van der Waals surface area (Å²) in [5.74, 6) is 0.858. The Balaban J connectivity index is 1.85. The van der Waals surface area contributed by atoms with Crippen molar-refractivity contribution >= 4 is 23.0 Å². The molecule has 0 spiro atoms. The first-order chi connectivity index (χ1) is 9.18. The molecule has 0 bridgehead atoms. The van der Waals surface area contributed by atoms with Crippen LogP contribution in [0.15, 0.2) is 18.2 Å². The topological polar surface area (TPSA) is 55.2 Å². The number of hydrogen-bond donors (Lipinski definition) is 1. The van der Waals surface area contributed by atoms with Crippen LogP contribution in [0.1, 0.15) is 38.5 Å². The lowest BCUT2D eigenvalue weighted by Gasteiger charge is -2.10. The number of nitro benzene ring substituents is 1. The van der Waals surface area contributed by atoms with Gasteiger partial charge in [0.15, 0.2) is 0 Å². The summed E-state index contributed by atoms with van der Waals surface area (Å²) in [6, 6.07) is 4.98. The van der Waals surface area contributed by atoms with Crippen molar-refractivity contribution in [3.05, 3.63) is 33.3 Å². The molecular formula is C14H19ClN2O2. The second-order valence-corrected chi connectivity index (χ2v) is 5.52. The summed E-state index contributed by atoms with van der Waals surface area (Å²) in [5, 5.41) is 14.3. The third-order valence-corrected chi connectivity index (χ3v) is 4.05. The van der Waals surface area contributed by atoms with Crippen LogP contribution in [0.5, 0.6) is 0 Å². The molecule has 1 saturated carbocycles. The number of halogens is 1. The van der Waals surface area contributed by atoms with E-state index in [-0.39, 0.29) is 10.7 Å². The van der Waals surface area contributed by atoms with Crippen molar-refractivity contribution in [2.24, 2.45) is 5.92 Å². The summed E-state index contributed by atoms with van der Waals surface area (Å²) in [5.41, 5.74) is 0.494. The van der Waals surface area contributed by atoms with Crippen LogP contribution in [-0.2, 0) is 0 Å². The van der Waals surface area contributed by atoms with Crippen LogP contribution in [0, 0.1) is 16.0 Å². The molecule has 0 atom stereocenters. The zero-order valence-electron chi connectivity index (χ0n) is 10.9. The summed E-state index contributed by atoms with van der Waals surface area (Å²) in [7, 11) is 0. The Kier molecular flexibility index (Phi) is 5.02. The van der Waals surface area contributed by atoms with Crippen LogP contribution in [0.3, 0.4) is 0 Å². The lowest BCUT2D eigenvalue weighted by molar-refractivity contribution is -0.383. The molecule has 2 rings (SSSR count). The minimum absolute atomic E-state index is 0.0231. The van der Waals surface area contributed by atoms with Gasteiger partial charge in [0.1, 0.15) is 10.7 Å². The summed E-state index contributed by atoms with van der Waals surface area (Å²) in [6.45, 7) is 0.762. The molecule has 1 aliphatic rings. The van der Waals surface area contributed by atoms with Crippen molar-refractivity contribution in [1.82, 2.24) is 0 Å². The smallest absolute Gasteiger partial charge is 0.310 e. The number of para-hydroxylation sites is 1. The zero-order valence-corrected chi connectivity index (χ0v) is 11.7. The Morgan fingerprint density at radius 1 is 1.37 bits per heavy atom. The highest BCUT2D eigenvalue weighted by molar-refractivity contribution is 6.33. The maximum atomic E-state index is 11.0. The minimum atomic E-state index is -0.429. The molecule has 0 aliphatic heterocycles. The van der Waals surface area contributed by atoms with Crippen molar-refractivity contribution < 1.29 is 4.92 Å². The van der Waals surface area contributed by atoms with Gasteiger partial charge in [-0.05, 0) is 30.9 Å². The Labute approximate surface area is 118 Å². The largest absolute Gasteiger partial charge is 0.379 e. The van der Waals surface area contributed by atoms with Gasteiger partial charge in [-0.1, -0.05) is 43.4 Å². The molecule has 0 unspecified atom stereocenters. The number of nitrogens with zero attached hydrogens (tertiary/aromatic N) is 1. The van der Waals surface area contributed by atoms with Crippen molar-refractivity contribution in [2.75, 3.05) is 11.9 Å². The molecule has 1 aromatic carbocycles. The molecule has 104 valence electrons. The highest BCUT2D eigenvalue weighted by Gasteiger charge is 2.18. The molecule has 0 aromatic heterocycles. The number of nitro groups is 1. The fourth-order valence-corrected chi connectivity index (χ4v) is 3.00. The molecule has 1 aliphatic carbocycles. The number of anilines is 1. The van der Waals surface area contributed by atoms with Crippen LogP contribution >= 0.6 is 11.6 Å². The van der Waals surface area contributed by atoms with Crippen LogP contribution in [-0.4, -0.2) is 11.5 Å². The second kappa shape index (κ2) is 6.75. The highest BCUT2D eigenvalue weighted by atomic mass is 35.5. The van der Waals surface area contributed by atoms with Gasteiger partial charge < -0.3 is 5.32 Å². The van der Waals surface area contributed by atoms with Gasteiger partial charge in [-0.3, -0.25) is 10.1 Å².